The summed E-state index contributed by atoms with van der Waals surface area (Å²) >= 11 is 0. The fraction of sp³-hybridized carbons (Fsp3) is 0.857. The number of ether oxygens (including phenoxy) is 1. The summed E-state index contributed by atoms with van der Waals surface area (Å²) in [5.41, 5.74) is 0. The minimum Gasteiger partial charge on any atom is -0.381 e. The van der Waals surface area contributed by atoms with Gasteiger partial charge in [0.15, 0.2) is 0 Å². The first kappa shape index (κ1) is 7.52. The highest BCUT2D eigenvalue weighted by atomic mass is 16.5. The third-order valence-electron chi connectivity index (χ3n) is 1.91. The molecule has 1 aliphatic heterocycles. The zero-order valence-electron chi connectivity index (χ0n) is 6.13. The largest absolute Gasteiger partial charge is 0.381 e. The SMILES string of the molecule is CNC(CC#N)C1COC1. The first-order valence-corrected chi connectivity index (χ1v) is 3.50. The van der Waals surface area contributed by atoms with Crippen LogP contribution in [0.25, 0.3) is 0 Å². The van der Waals surface area contributed by atoms with Crippen molar-refractivity contribution in [3.05, 3.63) is 0 Å². The lowest BCUT2D eigenvalue weighted by molar-refractivity contribution is -0.0476. The molecule has 3 nitrogen and oxygen atoms in total. The molecule has 1 unspecified atom stereocenters. The van der Waals surface area contributed by atoms with E-state index in [0.29, 0.717) is 18.4 Å². The van der Waals surface area contributed by atoms with Crippen molar-refractivity contribution in [2.45, 2.75) is 12.5 Å². The molecule has 10 heavy (non-hydrogen) atoms. The number of rotatable bonds is 3. The molecule has 0 aromatic carbocycles. The van der Waals surface area contributed by atoms with Gasteiger partial charge < -0.3 is 10.1 Å². The molecule has 0 spiro atoms. The molecule has 3 heteroatoms. The van der Waals surface area contributed by atoms with Gasteiger partial charge in [-0.1, -0.05) is 0 Å². The van der Waals surface area contributed by atoms with Gasteiger partial charge in [-0.15, -0.1) is 0 Å². The number of nitriles is 1. The molecule has 0 aromatic rings. The van der Waals surface area contributed by atoms with E-state index in [4.69, 9.17) is 10.00 Å². The minimum absolute atomic E-state index is 0.332. The Bertz CT molecular complexity index is 137. The van der Waals surface area contributed by atoms with Crippen molar-refractivity contribution < 1.29 is 4.74 Å². The molecule has 0 aliphatic carbocycles. The second kappa shape index (κ2) is 3.55. The quantitative estimate of drug-likeness (QED) is 0.606. The van der Waals surface area contributed by atoms with Gasteiger partial charge in [0.05, 0.1) is 25.7 Å². The van der Waals surface area contributed by atoms with Crippen LogP contribution < -0.4 is 5.32 Å². The molecule has 56 valence electrons. The summed E-state index contributed by atoms with van der Waals surface area (Å²) in [6.07, 6.45) is 0.588. The van der Waals surface area contributed by atoms with E-state index in [2.05, 4.69) is 11.4 Å². The molecular formula is C7H12N2O. The van der Waals surface area contributed by atoms with Gasteiger partial charge in [-0.2, -0.15) is 5.26 Å². The fourth-order valence-electron chi connectivity index (χ4n) is 1.09. The second-order valence-electron chi connectivity index (χ2n) is 2.55. The van der Waals surface area contributed by atoms with Crippen LogP contribution in [0.5, 0.6) is 0 Å². The Kier molecular flexibility index (Phi) is 2.67. The highest BCUT2D eigenvalue weighted by Crippen LogP contribution is 2.16. The van der Waals surface area contributed by atoms with Crippen LogP contribution in [0.15, 0.2) is 0 Å². The van der Waals surface area contributed by atoms with Crippen LogP contribution in [0.2, 0.25) is 0 Å². The van der Waals surface area contributed by atoms with E-state index in [0.717, 1.165) is 13.2 Å². The van der Waals surface area contributed by atoms with Crippen LogP contribution in [0.3, 0.4) is 0 Å². The highest BCUT2D eigenvalue weighted by molar-refractivity contribution is 4.87. The van der Waals surface area contributed by atoms with Crippen LogP contribution in [0.1, 0.15) is 6.42 Å². The molecule has 1 aliphatic rings. The van der Waals surface area contributed by atoms with Crippen molar-refractivity contribution in [3.63, 3.8) is 0 Å². The molecule has 0 bridgehead atoms. The van der Waals surface area contributed by atoms with E-state index >= 15 is 0 Å². The molecule has 0 radical (unpaired) electrons. The normalized spacial score (nSPS) is 21.2. The van der Waals surface area contributed by atoms with Crippen molar-refractivity contribution in [2.75, 3.05) is 20.3 Å². The Morgan fingerprint density at radius 3 is 2.80 bits per heavy atom. The maximum Gasteiger partial charge on any atom is 0.0638 e. The van der Waals surface area contributed by atoms with Crippen molar-refractivity contribution in [2.24, 2.45) is 5.92 Å². The summed E-state index contributed by atoms with van der Waals surface area (Å²) in [5, 5.41) is 11.5. The predicted molar refractivity (Wildman–Crippen MR) is 37.4 cm³/mol. The van der Waals surface area contributed by atoms with E-state index in [1.54, 1.807) is 0 Å². The van der Waals surface area contributed by atoms with E-state index < -0.39 is 0 Å². The van der Waals surface area contributed by atoms with Gasteiger partial charge in [-0.3, -0.25) is 0 Å². The maximum atomic E-state index is 8.41. The summed E-state index contributed by atoms with van der Waals surface area (Å²) in [5.74, 6) is 0.560. The highest BCUT2D eigenvalue weighted by Gasteiger charge is 2.26. The van der Waals surface area contributed by atoms with Crippen molar-refractivity contribution in [3.8, 4) is 6.07 Å². The van der Waals surface area contributed by atoms with Gasteiger partial charge in [-0.05, 0) is 7.05 Å². The van der Waals surface area contributed by atoms with Crippen LogP contribution in [0.4, 0.5) is 0 Å². The van der Waals surface area contributed by atoms with Gasteiger partial charge in [0, 0.05) is 12.0 Å². The van der Waals surface area contributed by atoms with E-state index in [-0.39, 0.29) is 0 Å². The average molecular weight is 140 g/mol. The number of nitrogens with one attached hydrogen (secondary N) is 1. The fourth-order valence-corrected chi connectivity index (χ4v) is 1.09. The molecule has 1 atom stereocenters. The molecule has 1 N–H and O–H groups in total. The monoisotopic (exact) mass is 140 g/mol. The molecular weight excluding hydrogens is 128 g/mol. The lowest BCUT2D eigenvalue weighted by Gasteiger charge is -2.32. The summed E-state index contributed by atoms with van der Waals surface area (Å²) < 4.78 is 5.01. The van der Waals surface area contributed by atoms with E-state index in [1.807, 2.05) is 7.05 Å². The second-order valence-corrected chi connectivity index (χ2v) is 2.55. The zero-order valence-corrected chi connectivity index (χ0v) is 6.13. The van der Waals surface area contributed by atoms with E-state index in [1.165, 1.54) is 0 Å². The topological polar surface area (TPSA) is 45.0 Å². The van der Waals surface area contributed by atoms with Crippen LogP contribution in [-0.2, 0) is 4.74 Å². The first-order valence-electron chi connectivity index (χ1n) is 3.50. The Morgan fingerprint density at radius 1 is 1.80 bits per heavy atom. The summed E-state index contributed by atoms with van der Waals surface area (Å²) in [6, 6.07) is 2.48. The minimum atomic E-state index is 0.332. The van der Waals surface area contributed by atoms with Gasteiger partial charge >= 0.3 is 0 Å². The standard InChI is InChI=1S/C7H12N2O/c1-9-7(2-3-8)6-4-10-5-6/h6-7,9H,2,4-5H2,1H3. The number of hydrogen-bond donors (Lipinski definition) is 1. The maximum absolute atomic E-state index is 8.41. The molecule has 1 heterocycles. The zero-order chi connectivity index (χ0) is 7.40. The molecule has 0 amide bonds. The Balaban J connectivity index is 2.26. The van der Waals surface area contributed by atoms with Gasteiger partial charge in [0.2, 0.25) is 0 Å². The van der Waals surface area contributed by atoms with Crippen molar-refractivity contribution in [1.29, 1.82) is 5.26 Å². The van der Waals surface area contributed by atoms with Crippen LogP contribution in [0, 0.1) is 17.2 Å². The van der Waals surface area contributed by atoms with Crippen LogP contribution >= 0.6 is 0 Å². The van der Waals surface area contributed by atoms with Gasteiger partial charge in [0.1, 0.15) is 0 Å². The average Bonchev–Trinajstić information content (AvgIpc) is 1.83. The van der Waals surface area contributed by atoms with E-state index in [9.17, 15) is 0 Å². The summed E-state index contributed by atoms with van der Waals surface area (Å²) in [7, 11) is 1.89. The number of nitrogens with zero attached hydrogens (tertiary/aromatic N) is 1. The smallest absolute Gasteiger partial charge is 0.0638 e. The van der Waals surface area contributed by atoms with Crippen molar-refractivity contribution in [1.82, 2.24) is 5.32 Å². The molecule has 0 saturated carbocycles. The Labute approximate surface area is 61.0 Å². The Morgan fingerprint density at radius 2 is 2.50 bits per heavy atom. The number of hydrogen-bond acceptors (Lipinski definition) is 3. The van der Waals surface area contributed by atoms with Gasteiger partial charge in [-0.25, -0.2) is 0 Å². The lowest BCUT2D eigenvalue weighted by atomic mass is 9.96. The molecule has 0 aromatic heterocycles. The van der Waals surface area contributed by atoms with Crippen LogP contribution in [-0.4, -0.2) is 26.3 Å². The molecule has 1 rings (SSSR count). The predicted octanol–water partition coefficient (Wildman–Crippen LogP) is 0.134. The summed E-state index contributed by atoms with van der Waals surface area (Å²) in [6.45, 7) is 1.63. The lowest BCUT2D eigenvalue weighted by Crippen LogP contribution is -2.44. The molecule has 1 fully saturated rings. The summed E-state index contributed by atoms with van der Waals surface area (Å²) in [4.78, 5) is 0. The van der Waals surface area contributed by atoms with Gasteiger partial charge in [0.25, 0.3) is 0 Å². The van der Waals surface area contributed by atoms with Crippen molar-refractivity contribution >= 4 is 0 Å². The first-order chi connectivity index (χ1) is 4.88. The molecule has 1 saturated heterocycles. The third-order valence-corrected chi connectivity index (χ3v) is 1.91. The Hall–Kier alpha value is -0.590. The third kappa shape index (κ3) is 1.47.